The van der Waals surface area contributed by atoms with Gasteiger partial charge in [-0.25, -0.2) is 8.78 Å². The SMILES string of the molecule is CC1CN(c2cc(F)c3c(c2F)CN(C2CCC(=O)NC2=O)C3)CC(C)N1. The third kappa shape index (κ3) is 3.32. The second-order valence-electron chi connectivity index (χ2n) is 7.89. The Labute approximate surface area is 156 Å². The van der Waals surface area contributed by atoms with E-state index in [2.05, 4.69) is 10.6 Å². The van der Waals surface area contributed by atoms with Gasteiger partial charge in [0.2, 0.25) is 11.8 Å². The highest BCUT2D eigenvalue weighted by Gasteiger charge is 2.38. The molecule has 0 spiro atoms. The van der Waals surface area contributed by atoms with Crippen molar-refractivity contribution in [2.75, 3.05) is 18.0 Å². The summed E-state index contributed by atoms with van der Waals surface area (Å²) in [7, 11) is 0. The fourth-order valence-corrected chi connectivity index (χ4v) is 4.50. The average Bonchev–Trinajstić information content (AvgIpc) is 3.03. The van der Waals surface area contributed by atoms with Crippen LogP contribution in [0.15, 0.2) is 6.07 Å². The van der Waals surface area contributed by atoms with Crippen LogP contribution in [0.5, 0.6) is 0 Å². The Hall–Kier alpha value is -2.06. The summed E-state index contributed by atoms with van der Waals surface area (Å²) in [6.45, 7) is 5.62. The van der Waals surface area contributed by atoms with Crippen molar-refractivity contribution in [3.8, 4) is 0 Å². The molecule has 2 amide bonds. The molecule has 8 heteroatoms. The number of piperazine rings is 1. The van der Waals surface area contributed by atoms with Gasteiger partial charge in [-0.15, -0.1) is 0 Å². The first-order valence-electron chi connectivity index (χ1n) is 9.42. The standard InChI is InChI=1S/C19H24F2N4O2/c1-10-6-24(7-11(2)22-10)16-5-14(20)12-8-25(9-13(12)18(16)21)15-3-4-17(26)23-19(15)27/h5,10-11,15,22H,3-4,6-9H2,1-2H3,(H,23,26,27). The molecule has 3 aliphatic rings. The first kappa shape index (κ1) is 18.3. The van der Waals surface area contributed by atoms with Crippen LogP contribution < -0.4 is 15.5 Å². The molecule has 3 unspecified atom stereocenters. The van der Waals surface area contributed by atoms with Crippen molar-refractivity contribution in [3.05, 3.63) is 28.8 Å². The summed E-state index contributed by atoms with van der Waals surface area (Å²) in [6.07, 6.45) is 0.623. The van der Waals surface area contributed by atoms with Gasteiger partial charge < -0.3 is 10.2 Å². The summed E-state index contributed by atoms with van der Waals surface area (Å²) in [4.78, 5) is 27.1. The van der Waals surface area contributed by atoms with Crippen LogP contribution in [0.3, 0.4) is 0 Å². The van der Waals surface area contributed by atoms with Gasteiger partial charge in [0.1, 0.15) is 5.82 Å². The molecular weight excluding hydrogens is 354 g/mol. The molecule has 2 N–H and O–H groups in total. The number of imide groups is 1. The van der Waals surface area contributed by atoms with Crippen LogP contribution >= 0.6 is 0 Å². The zero-order chi connectivity index (χ0) is 19.3. The molecule has 0 bridgehead atoms. The molecule has 0 saturated carbocycles. The maximum Gasteiger partial charge on any atom is 0.243 e. The van der Waals surface area contributed by atoms with E-state index < -0.39 is 17.7 Å². The maximum atomic E-state index is 15.3. The number of halogens is 2. The summed E-state index contributed by atoms with van der Waals surface area (Å²) in [6, 6.07) is 1.12. The zero-order valence-corrected chi connectivity index (χ0v) is 15.5. The molecule has 0 radical (unpaired) electrons. The van der Waals surface area contributed by atoms with E-state index in [1.54, 1.807) is 4.90 Å². The molecule has 27 heavy (non-hydrogen) atoms. The topological polar surface area (TPSA) is 64.7 Å². The summed E-state index contributed by atoms with van der Waals surface area (Å²) in [5.41, 5.74) is 0.933. The lowest BCUT2D eigenvalue weighted by Crippen LogP contribution is -2.54. The summed E-state index contributed by atoms with van der Waals surface area (Å²) in [5, 5.41) is 5.70. The molecule has 0 aromatic heterocycles. The van der Waals surface area contributed by atoms with Gasteiger partial charge in [-0.05, 0) is 20.3 Å². The molecule has 3 aliphatic heterocycles. The number of benzene rings is 1. The Morgan fingerprint density at radius 3 is 2.41 bits per heavy atom. The summed E-state index contributed by atoms with van der Waals surface area (Å²) in [5.74, 6) is -1.52. The van der Waals surface area contributed by atoms with Crippen molar-refractivity contribution in [1.82, 2.24) is 15.5 Å². The number of carbonyl (C=O) groups excluding carboxylic acids is 2. The predicted octanol–water partition coefficient (Wildman–Crippen LogP) is 1.27. The minimum atomic E-state index is -0.531. The Balaban J connectivity index is 1.60. The number of amides is 2. The van der Waals surface area contributed by atoms with Crippen LogP contribution in [-0.4, -0.2) is 47.9 Å². The van der Waals surface area contributed by atoms with Crippen molar-refractivity contribution >= 4 is 17.5 Å². The summed E-state index contributed by atoms with van der Waals surface area (Å²) < 4.78 is 30.1. The van der Waals surface area contributed by atoms with Crippen molar-refractivity contribution < 1.29 is 18.4 Å². The molecule has 3 atom stereocenters. The maximum absolute atomic E-state index is 15.3. The van der Waals surface area contributed by atoms with E-state index in [1.807, 2.05) is 18.7 Å². The minimum absolute atomic E-state index is 0.176. The Morgan fingerprint density at radius 2 is 1.74 bits per heavy atom. The third-order valence-electron chi connectivity index (χ3n) is 5.68. The number of piperidine rings is 1. The Kier molecular flexibility index (Phi) is 4.63. The minimum Gasteiger partial charge on any atom is -0.366 e. The van der Waals surface area contributed by atoms with Gasteiger partial charge in [0, 0.05) is 61.9 Å². The van der Waals surface area contributed by atoms with Gasteiger partial charge in [0.05, 0.1) is 11.7 Å². The first-order valence-corrected chi connectivity index (χ1v) is 9.42. The predicted molar refractivity (Wildman–Crippen MR) is 96.0 cm³/mol. The highest BCUT2D eigenvalue weighted by molar-refractivity contribution is 6.00. The number of rotatable bonds is 2. The molecular formula is C19H24F2N4O2. The number of carbonyl (C=O) groups is 2. The first-order chi connectivity index (χ1) is 12.8. The van der Waals surface area contributed by atoms with Gasteiger partial charge >= 0.3 is 0 Å². The quantitative estimate of drug-likeness (QED) is 0.759. The molecule has 2 fully saturated rings. The second-order valence-corrected chi connectivity index (χ2v) is 7.89. The van der Waals surface area contributed by atoms with Crippen molar-refractivity contribution in [2.45, 2.75) is 57.9 Å². The molecule has 1 aromatic rings. The van der Waals surface area contributed by atoms with Gasteiger partial charge in [-0.3, -0.25) is 19.8 Å². The van der Waals surface area contributed by atoms with E-state index in [9.17, 15) is 14.0 Å². The Bertz CT molecular complexity index is 790. The molecule has 3 heterocycles. The fraction of sp³-hybridized carbons (Fsp3) is 0.579. The van der Waals surface area contributed by atoms with Crippen molar-refractivity contribution in [1.29, 1.82) is 0 Å². The van der Waals surface area contributed by atoms with Crippen molar-refractivity contribution in [3.63, 3.8) is 0 Å². The number of fused-ring (bicyclic) bond motifs is 1. The molecule has 1 aromatic carbocycles. The number of hydrogen-bond donors (Lipinski definition) is 2. The molecule has 4 rings (SSSR count). The average molecular weight is 378 g/mol. The molecule has 0 aliphatic carbocycles. The third-order valence-corrected chi connectivity index (χ3v) is 5.68. The van der Waals surface area contributed by atoms with E-state index in [4.69, 9.17) is 0 Å². The zero-order valence-electron chi connectivity index (χ0n) is 15.5. The number of nitrogens with one attached hydrogen (secondary N) is 2. The van der Waals surface area contributed by atoms with Crippen LogP contribution in [0, 0.1) is 11.6 Å². The van der Waals surface area contributed by atoms with Crippen LogP contribution in [-0.2, 0) is 22.7 Å². The number of hydrogen-bond acceptors (Lipinski definition) is 5. The smallest absolute Gasteiger partial charge is 0.243 e. The van der Waals surface area contributed by atoms with Crippen LogP contribution in [0.25, 0.3) is 0 Å². The van der Waals surface area contributed by atoms with Crippen molar-refractivity contribution in [2.24, 2.45) is 0 Å². The Morgan fingerprint density at radius 1 is 1.07 bits per heavy atom. The van der Waals surface area contributed by atoms with Crippen LogP contribution in [0.1, 0.15) is 37.8 Å². The second kappa shape index (κ2) is 6.83. The molecule has 2 saturated heterocycles. The molecule has 146 valence electrons. The van der Waals surface area contributed by atoms with Gasteiger partial charge in [0.15, 0.2) is 5.82 Å². The van der Waals surface area contributed by atoms with Crippen LogP contribution in [0.4, 0.5) is 14.5 Å². The monoisotopic (exact) mass is 378 g/mol. The van der Waals surface area contributed by atoms with E-state index in [0.717, 1.165) is 0 Å². The largest absolute Gasteiger partial charge is 0.366 e. The van der Waals surface area contributed by atoms with E-state index >= 15 is 4.39 Å². The molecule has 6 nitrogen and oxygen atoms in total. The van der Waals surface area contributed by atoms with E-state index in [1.165, 1.54) is 6.07 Å². The van der Waals surface area contributed by atoms with E-state index in [0.29, 0.717) is 30.6 Å². The highest BCUT2D eigenvalue weighted by atomic mass is 19.1. The lowest BCUT2D eigenvalue weighted by molar-refractivity contribution is -0.137. The number of nitrogens with zero attached hydrogens (tertiary/aromatic N) is 2. The normalized spacial score (nSPS) is 29.0. The van der Waals surface area contributed by atoms with Gasteiger partial charge in [-0.1, -0.05) is 0 Å². The van der Waals surface area contributed by atoms with E-state index in [-0.39, 0.29) is 49.1 Å². The highest BCUT2D eigenvalue weighted by Crippen LogP contribution is 2.36. The van der Waals surface area contributed by atoms with Crippen LogP contribution in [0.2, 0.25) is 0 Å². The lowest BCUT2D eigenvalue weighted by Gasteiger charge is -2.38. The van der Waals surface area contributed by atoms with Gasteiger partial charge in [-0.2, -0.15) is 0 Å². The lowest BCUT2D eigenvalue weighted by atomic mass is 10.0. The fourth-order valence-electron chi connectivity index (χ4n) is 4.50. The van der Waals surface area contributed by atoms with Gasteiger partial charge in [0.25, 0.3) is 0 Å². The number of anilines is 1. The summed E-state index contributed by atoms with van der Waals surface area (Å²) >= 11 is 0.